The van der Waals surface area contributed by atoms with Gasteiger partial charge in [-0.1, -0.05) is 0 Å². The van der Waals surface area contributed by atoms with E-state index in [1.54, 1.807) is 12.4 Å². The van der Waals surface area contributed by atoms with E-state index in [0.717, 1.165) is 5.56 Å². The van der Waals surface area contributed by atoms with Crippen LogP contribution in [0.5, 0.6) is 0 Å². The highest BCUT2D eigenvalue weighted by Crippen LogP contribution is 2.04. The molecule has 0 spiro atoms. The Morgan fingerprint density at radius 1 is 1.36 bits per heavy atom. The quantitative estimate of drug-likeness (QED) is 0.683. The topological polar surface area (TPSA) is 64.9 Å². The van der Waals surface area contributed by atoms with Crippen molar-refractivity contribution in [3.05, 3.63) is 30.1 Å². The fraction of sp³-hybridized carbons (Fsp3) is 0.286. The molecule has 62 valence electrons. The summed E-state index contributed by atoms with van der Waals surface area (Å²) in [7, 11) is 0. The average Bonchev–Trinajstić information content (AvgIpc) is 2.05. The van der Waals surface area contributed by atoms with Gasteiger partial charge in [0.25, 0.3) is 0 Å². The summed E-state index contributed by atoms with van der Waals surface area (Å²) in [6.45, 7) is 0.476. The van der Waals surface area contributed by atoms with E-state index < -0.39 is 0 Å². The molecule has 0 aromatic carbocycles. The lowest BCUT2D eigenvalue weighted by molar-refractivity contribution is 0.735. The first-order chi connectivity index (χ1) is 4.84. The van der Waals surface area contributed by atoms with Crippen molar-refractivity contribution >= 4 is 12.4 Å². The molecule has 11 heavy (non-hydrogen) atoms. The number of aromatic nitrogens is 1. The molecule has 0 unspecified atom stereocenters. The Balaban J connectivity index is 0.000001000. The van der Waals surface area contributed by atoms with Crippen LogP contribution in [0.25, 0.3) is 0 Å². The Hall–Kier alpha value is -0.640. The van der Waals surface area contributed by atoms with Crippen LogP contribution in [-0.4, -0.2) is 11.5 Å². The van der Waals surface area contributed by atoms with Gasteiger partial charge >= 0.3 is 0 Å². The summed E-state index contributed by atoms with van der Waals surface area (Å²) in [5.74, 6) is 0. The molecular weight excluding hydrogens is 162 g/mol. The molecule has 0 amide bonds. The van der Waals surface area contributed by atoms with E-state index in [1.807, 2.05) is 12.1 Å². The average molecular weight is 174 g/mol. The third kappa shape index (κ3) is 2.84. The van der Waals surface area contributed by atoms with Crippen molar-refractivity contribution < 1.29 is 0 Å². The lowest BCUT2D eigenvalue weighted by Crippen LogP contribution is -2.20. The van der Waals surface area contributed by atoms with Gasteiger partial charge in [0.1, 0.15) is 0 Å². The number of hydrogen-bond acceptors (Lipinski definition) is 3. The summed E-state index contributed by atoms with van der Waals surface area (Å²) in [6.07, 6.45) is 3.43. The molecule has 1 aromatic heterocycles. The molecule has 1 rings (SSSR count). The van der Waals surface area contributed by atoms with E-state index in [2.05, 4.69) is 4.98 Å². The van der Waals surface area contributed by atoms with Crippen molar-refractivity contribution in [2.24, 2.45) is 11.5 Å². The Bertz CT molecular complexity index is 190. The predicted molar refractivity (Wildman–Crippen MR) is 47.5 cm³/mol. The van der Waals surface area contributed by atoms with Gasteiger partial charge in [-0.15, -0.1) is 12.4 Å². The van der Waals surface area contributed by atoms with E-state index in [0.29, 0.717) is 6.54 Å². The normalized spacial score (nSPS) is 11.8. The molecule has 3 nitrogen and oxygen atoms in total. The summed E-state index contributed by atoms with van der Waals surface area (Å²) in [6, 6.07) is 3.69. The highest BCUT2D eigenvalue weighted by atomic mass is 35.5. The summed E-state index contributed by atoms with van der Waals surface area (Å²) < 4.78 is 0. The maximum Gasteiger partial charge on any atom is 0.0420 e. The van der Waals surface area contributed by atoms with Gasteiger partial charge in [0.15, 0.2) is 0 Å². The molecule has 0 saturated carbocycles. The molecule has 0 aliphatic heterocycles. The smallest absolute Gasteiger partial charge is 0.0420 e. The van der Waals surface area contributed by atoms with Gasteiger partial charge in [-0.05, 0) is 17.7 Å². The van der Waals surface area contributed by atoms with E-state index in [-0.39, 0.29) is 18.4 Å². The third-order valence-electron chi connectivity index (χ3n) is 1.39. The molecule has 0 radical (unpaired) electrons. The van der Waals surface area contributed by atoms with E-state index in [9.17, 15) is 0 Å². The number of nitrogens with zero attached hydrogens (tertiary/aromatic N) is 1. The first-order valence-corrected chi connectivity index (χ1v) is 3.20. The predicted octanol–water partition coefficient (Wildman–Crippen LogP) is 0.462. The van der Waals surface area contributed by atoms with Crippen LogP contribution in [-0.2, 0) is 0 Å². The van der Waals surface area contributed by atoms with Crippen LogP contribution in [0.2, 0.25) is 0 Å². The lowest BCUT2D eigenvalue weighted by atomic mass is 10.1. The zero-order valence-electron chi connectivity index (χ0n) is 6.10. The fourth-order valence-electron chi connectivity index (χ4n) is 0.747. The van der Waals surface area contributed by atoms with Gasteiger partial charge < -0.3 is 11.5 Å². The highest BCUT2D eigenvalue weighted by Gasteiger charge is 1.99. The van der Waals surface area contributed by atoms with Gasteiger partial charge in [0, 0.05) is 25.0 Å². The van der Waals surface area contributed by atoms with Crippen LogP contribution in [0.15, 0.2) is 24.5 Å². The summed E-state index contributed by atoms with van der Waals surface area (Å²) in [5, 5.41) is 0. The number of rotatable bonds is 2. The van der Waals surface area contributed by atoms with Crippen LogP contribution in [0, 0.1) is 0 Å². The molecular formula is C7H12ClN3. The van der Waals surface area contributed by atoms with Crippen molar-refractivity contribution in [1.82, 2.24) is 4.98 Å². The standard InChI is InChI=1S/C7H11N3.ClH/c8-5-7(9)6-1-3-10-4-2-6;/h1-4,7H,5,8-9H2;1H/t7-;/m0./s1. The minimum atomic E-state index is -0.0528. The van der Waals surface area contributed by atoms with E-state index >= 15 is 0 Å². The van der Waals surface area contributed by atoms with Gasteiger partial charge in [0.05, 0.1) is 0 Å². The van der Waals surface area contributed by atoms with Crippen molar-refractivity contribution in [1.29, 1.82) is 0 Å². The zero-order chi connectivity index (χ0) is 7.40. The van der Waals surface area contributed by atoms with Gasteiger partial charge in [-0.25, -0.2) is 0 Å². The SMILES string of the molecule is Cl.NC[C@H](N)c1ccncc1. The van der Waals surface area contributed by atoms with Crippen LogP contribution in [0.3, 0.4) is 0 Å². The summed E-state index contributed by atoms with van der Waals surface area (Å²) in [5.41, 5.74) is 12.0. The molecule has 0 aliphatic rings. The van der Waals surface area contributed by atoms with Gasteiger partial charge in [-0.2, -0.15) is 0 Å². The van der Waals surface area contributed by atoms with E-state index in [4.69, 9.17) is 11.5 Å². The molecule has 0 aliphatic carbocycles. The Morgan fingerprint density at radius 3 is 2.36 bits per heavy atom. The van der Waals surface area contributed by atoms with Crippen molar-refractivity contribution in [2.75, 3.05) is 6.54 Å². The Morgan fingerprint density at radius 2 is 1.91 bits per heavy atom. The molecule has 4 N–H and O–H groups in total. The van der Waals surface area contributed by atoms with Crippen molar-refractivity contribution in [2.45, 2.75) is 6.04 Å². The second-order valence-electron chi connectivity index (χ2n) is 2.12. The maximum atomic E-state index is 5.64. The Kier molecular flexibility index (Phi) is 4.77. The summed E-state index contributed by atoms with van der Waals surface area (Å²) in [4.78, 5) is 3.87. The lowest BCUT2D eigenvalue weighted by Gasteiger charge is -2.06. The number of halogens is 1. The Labute approximate surface area is 72.2 Å². The number of hydrogen-bond donors (Lipinski definition) is 2. The van der Waals surface area contributed by atoms with Crippen LogP contribution >= 0.6 is 12.4 Å². The van der Waals surface area contributed by atoms with Crippen LogP contribution in [0.4, 0.5) is 0 Å². The first kappa shape index (κ1) is 10.4. The number of pyridine rings is 1. The highest BCUT2D eigenvalue weighted by molar-refractivity contribution is 5.85. The number of nitrogens with two attached hydrogens (primary N) is 2. The van der Waals surface area contributed by atoms with Crippen LogP contribution < -0.4 is 11.5 Å². The van der Waals surface area contributed by atoms with Gasteiger partial charge in [0.2, 0.25) is 0 Å². The third-order valence-corrected chi connectivity index (χ3v) is 1.39. The van der Waals surface area contributed by atoms with Gasteiger partial charge in [-0.3, -0.25) is 4.98 Å². The molecule has 0 fully saturated rings. The second kappa shape index (κ2) is 5.07. The minimum absolute atomic E-state index is 0. The monoisotopic (exact) mass is 173 g/mol. The van der Waals surface area contributed by atoms with Crippen LogP contribution in [0.1, 0.15) is 11.6 Å². The minimum Gasteiger partial charge on any atom is -0.329 e. The molecule has 1 atom stereocenters. The molecule has 1 aromatic rings. The molecule has 4 heteroatoms. The van der Waals surface area contributed by atoms with Crippen molar-refractivity contribution in [3.8, 4) is 0 Å². The van der Waals surface area contributed by atoms with E-state index in [1.165, 1.54) is 0 Å². The molecule has 1 heterocycles. The summed E-state index contributed by atoms with van der Waals surface area (Å²) >= 11 is 0. The maximum absolute atomic E-state index is 5.64. The molecule has 0 saturated heterocycles. The zero-order valence-corrected chi connectivity index (χ0v) is 6.92. The second-order valence-corrected chi connectivity index (χ2v) is 2.12. The largest absolute Gasteiger partial charge is 0.329 e. The fourth-order valence-corrected chi connectivity index (χ4v) is 0.747. The van der Waals surface area contributed by atoms with Crippen molar-refractivity contribution in [3.63, 3.8) is 0 Å². The molecule has 0 bridgehead atoms. The first-order valence-electron chi connectivity index (χ1n) is 3.20.